The van der Waals surface area contributed by atoms with Gasteiger partial charge in [0.1, 0.15) is 11.5 Å². The van der Waals surface area contributed by atoms with Crippen molar-refractivity contribution in [2.45, 2.75) is 39.2 Å². The van der Waals surface area contributed by atoms with Crippen LogP contribution >= 0.6 is 11.6 Å². The fourth-order valence-corrected chi connectivity index (χ4v) is 2.35. The average Bonchev–Trinajstić information content (AvgIpc) is 2.49. The quantitative estimate of drug-likeness (QED) is 0.862. The van der Waals surface area contributed by atoms with Crippen LogP contribution in [0.1, 0.15) is 31.4 Å². The van der Waals surface area contributed by atoms with E-state index in [1.165, 1.54) is 0 Å². The summed E-state index contributed by atoms with van der Waals surface area (Å²) in [6, 6.07) is 7.84. The number of rotatable bonds is 6. The van der Waals surface area contributed by atoms with E-state index in [4.69, 9.17) is 22.1 Å². The minimum absolute atomic E-state index is 0.157. The number of hydrogen-bond donors (Lipinski definition) is 1. The van der Waals surface area contributed by atoms with Gasteiger partial charge in [0.25, 0.3) is 0 Å². The predicted molar refractivity (Wildman–Crippen MR) is 87.1 cm³/mol. The Morgan fingerprint density at radius 3 is 2.71 bits per heavy atom. The summed E-state index contributed by atoms with van der Waals surface area (Å²) >= 11 is 6.12. The van der Waals surface area contributed by atoms with Crippen LogP contribution in [0.15, 0.2) is 36.7 Å². The molecule has 21 heavy (non-hydrogen) atoms. The van der Waals surface area contributed by atoms with Gasteiger partial charge >= 0.3 is 0 Å². The van der Waals surface area contributed by atoms with E-state index in [1.54, 1.807) is 6.20 Å². The van der Waals surface area contributed by atoms with Crippen molar-refractivity contribution in [3.63, 3.8) is 0 Å². The smallest absolute Gasteiger partial charge is 0.145 e. The number of benzene rings is 1. The summed E-state index contributed by atoms with van der Waals surface area (Å²) in [5.74, 6) is 1.50. The zero-order valence-electron chi connectivity index (χ0n) is 12.5. The summed E-state index contributed by atoms with van der Waals surface area (Å²) in [6.45, 7) is 4.15. The lowest BCUT2D eigenvalue weighted by Gasteiger charge is -2.11. The lowest BCUT2D eigenvalue weighted by molar-refractivity contribution is 0.478. The molecule has 3 nitrogen and oxygen atoms in total. The predicted octanol–water partition coefficient (Wildman–Crippen LogP) is 4.37. The fraction of sp³-hybridized carbons (Fsp3) is 0.353. The van der Waals surface area contributed by atoms with Gasteiger partial charge in [0, 0.05) is 17.3 Å². The van der Waals surface area contributed by atoms with Gasteiger partial charge in [-0.15, -0.1) is 0 Å². The maximum atomic E-state index is 6.12. The van der Waals surface area contributed by atoms with Crippen LogP contribution in [0.25, 0.3) is 0 Å². The number of ether oxygens (including phenoxy) is 1. The molecule has 1 aromatic carbocycles. The number of halogens is 1. The monoisotopic (exact) mass is 304 g/mol. The van der Waals surface area contributed by atoms with Gasteiger partial charge in [-0.25, -0.2) is 0 Å². The van der Waals surface area contributed by atoms with E-state index in [9.17, 15) is 0 Å². The summed E-state index contributed by atoms with van der Waals surface area (Å²) in [7, 11) is 0. The first kappa shape index (κ1) is 15.8. The van der Waals surface area contributed by atoms with Crippen LogP contribution in [0.2, 0.25) is 5.02 Å². The maximum absolute atomic E-state index is 6.12. The third-order valence-corrected chi connectivity index (χ3v) is 3.79. The Labute approximate surface area is 131 Å². The van der Waals surface area contributed by atoms with Gasteiger partial charge in [-0.1, -0.05) is 25.4 Å². The molecule has 1 heterocycles. The largest absolute Gasteiger partial charge is 0.456 e. The average molecular weight is 305 g/mol. The minimum atomic E-state index is 0.157. The highest BCUT2D eigenvalue weighted by atomic mass is 35.5. The van der Waals surface area contributed by atoms with Gasteiger partial charge in [0.05, 0.1) is 6.20 Å². The molecule has 0 fully saturated rings. The molecule has 0 spiro atoms. The summed E-state index contributed by atoms with van der Waals surface area (Å²) in [6.07, 6.45) is 6.17. The second-order valence-corrected chi connectivity index (χ2v) is 5.52. The molecule has 2 N–H and O–H groups in total. The SMILES string of the molecule is CCc1cc(Oc2cncc(CC(N)CC)c2)ccc1Cl. The van der Waals surface area contributed by atoms with Gasteiger partial charge < -0.3 is 10.5 Å². The molecule has 0 aliphatic rings. The summed E-state index contributed by atoms with van der Waals surface area (Å²) in [5, 5.41) is 0.769. The highest BCUT2D eigenvalue weighted by molar-refractivity contribution is 6.31. The van der Waals surface area contributed by atoms with Gasteiger partial charge in [0.2, 0.25) is 0 Å². The molecule has 112 valence electrons. The third kappa shape index (κ3) is 4.45. The van der Waals surface area contributed by atoms with E-state index < -0.39 is 0 Å². The van der Waals surface area contributed by atoms with Crippen LogP contribution in [0.4, 0.5) is 0 Å². The Morgan fingerprint density at radius 1 is 1.19 bits per heavy atom. The van der Waals surface area contributed by atoms with Crippen molar-refractivity contribution in [1.82, 2.24) is 4.98 Å². The first-order valence-electron chi connectivity index (χ1n) is 7.28. The number of hydrogen-bond acceptors (Lipinski definition) is 3. The number of aryl methyl sites for hydroxylation is 1. The van der Waals surface area contributed by atoms with E-state index in [0.29, 0.717) is 0 Å². The second kappa shape index (κ2) is 7.43. The molecule has 2 rings (SSSR count). The highest BCUT2D eigenvalue weighted by Crippen LogP contribution is 2.27. The summed E-state index contributed by atoms with van der Waals surface area (Å²) in [4.78, 5) is 4.22. The molecule has 2 aromatic rings. The standard InChI is InChI=1S/C17H21ClN2O/c1-3-13-9-15(5-6-17(13)18)21-16-8-12(10-20-11-16)7-14(19)4-2/h5-6,8-11,14H,3-4,7,19H2,1-2H3. The molecule has 4 heteroatoms. The molecule has 0 radical (unpaired) electrons. The van der Waals surface area contributed by atoms with E-state index in [2.05, 4.69) is 18.8 Å². The van der Waals surface area contributed by atoms with Crippen LogP contribution in [-0.2, 0) is 12.8 Å². The number of pyridine rings is 1. The fourth-order valence-electron chi connectivity index (χ4n) is 2.10. The maximum Gasteiger partial charge on any atom is 0.145 e. The van der Waals surface area contributed by atoms with Crippen molar-refractivity contribution >= 4 is 11.6 Å². The van der Waals surface area contributed by atoms with Crippen molar-refractivity contribution in [2.75, 3.05) is 0 Å². The molecule has 0 aliphatic carbocycles. The van der Waals surface area contributed by atoms with Crippen molar-refractivity contribution in [3.8, 4) is 11.5 Å². The molecule has 0 saturated carbocycles. The Hall–Kier alpha value is -1.58. The minimum Gasteiger partial charge on any atom is -0.456 e. The van der Waals surface area contributed by atoms with E-state index >= 15 is 0 Å². The topological polar surface area (TPSA) is 48.1 Å². The number of aromatic nitrogens is 1. The van der Waals surface area contributed by atoms with Crippen molar-refractivity contribution in [3.05, 3.63) is 52.8 Å². The summed E-state index contributed by atoms with van der Waals surface area (Å²) in [5.41, 5.74) is 8.14. The van der Waals surface area contributed by atoms with Crippen LogP contribution in [0.5, 0.6) is 11.5 Å². The molecule has 0 bridgehead atoms. The van der Waals surface area contributed by atoms with E-state index in [1.807, 2.05) is 30.5 Å². The molecule has 0 aliphatic heterocycles. The van der Waals surface area contributed by atoms with Crippen LogP contribution < -0.4 is 10.5 Å². The van der Waals surface area contributed by atoms with Crippen LogP contribution in [-0.4, -0.2) is 11.0 Å². The number of nitrogens with two attached hydrogens (primary N) is 1. The Kier molecular flexibility index (Phi) is 5.59. The van der Waals surface area contributed by atoms with Crippen LogP contribution in [0.3, 0.4) is 0 Å². The van der Waals surface area contributed by atoms with Gasteiger partial charge in [-0.3, -0.25) is 4.98 Å². The molecular weight excluding hydrogens is 284 g/mol. The lowest BCUT2D eigenvalue weighted by atomic mass is 10.1. The lowest BCUT2D eigenvalue weighted by Crippen LogP contribution is -2.21. The Balaban J connectivity index is 2.14. The zero-order valence-corrected chi connectivity index (χ0v) is 13.2. The molecule has 1 unspecified atom stereocenters. The highest BCUT2D eigenvalue weighted by Gasteiger charge is 2.06. The number of nitrogens with zero attached hydrogens (tertiary/aromatic N) is 1. The molecule has 0 saturated heterocycles. The molecule has 1 atom stereocenters. The van der Waals surface area contributed by atoms with Crippen molar-refractivity contribution in [1.29, 1.82) is 0 Å². The molecule has 0 amide bonds. The Bertz CT molecular complexity index is 601. The first-order chi connectivity index (χ1) is 10.1. The van der Waals surface area contributed by atoms with E-state index in [-0.39, 0.29) is 6.04 Å². The molecular formula is C17H21ClN2O. The Morgan fingerprint density at radius 2 is 2.00 bits per heavy atom. The van der Waals surface area contributed by atoms with Gasteiger partial charge in [-0.05, 0) is 54.7 Å². The normalized spacial score (nSPS) is 12.2. The van der Waals surface area contributed by atoms with Crippen LogP contribution in [0, 0.1) is 0 Å². The molecule has 1 aromatic heterocycles. The summed E-state index contributed by atoms with van der Waals surface area (Å²) < 4.78 is 5.87. The van der Waals surface area contributed by atoms with Gasteiger partial charge in [0.15, 0.2) is 0 Å². The third-order valence-electron chi connectivity index (χ3n) is 3.43. The second-order valence-electron chi connectivity index (χ2n) is 5.11. The first-order valence-corrected chi connectivity index (χ1v) is 7.66. The van der Waals surface area contributed by atoms with Crippen molar-refractivity contribution in [2.24, 2.45) is 5.73 Å². The van der Waals surface area contributed by atoms with Crippen molar-refractivity contribution < 1.29 is 4.74 Å². The zero-order chi connectivity index (χ0) is 15.2. The van der Waals surface area contributed by atoms with Gasteiger partial charge in [-0.2, -0.15) is 0 Å². The van der Waals surface area contributed by atoms with E-state index in [0.717, 1.165) is 46.9 Å².